The molecule has 2 aromatic heterocycles. The minimum atomic E-state index is -0.238. The first kappa shape index (κ1) is 15.8. The Labute approximate surface area is 147 Å². The number of hydrogen-bond donors (Lipinski definition) is 1. The second-order valence-corrected chi connectivity index (χ2v) is 6.68. The number of benzene rings is 1. The van der Waals surface area contributed by atoms with Crippen LogP contribution in [0.15, 0.2) is 40.5 Å². The minimum absolute atomic E-state index is 0.0639. The number of para-hydroxylation sites is 1. The number of rotatable bonds is 4. The quantitative estimate of drug-likeness (QED) is 0.558. The molecule has 1 amide bonds. The molecule has 1 aliphatic rings. The van der Waals surface area contributed by atoms with E-state index in [1.54, 1.807) is 18.2 Å². The van der Waals surface area contributed by atoms with Crippen LogP contribution in [0.1, 0.15) is 12.8 Å². The van der Waals surface area contributed by atoms with Crippen molar-refractivity contribution in [2.75, 3.05) is 18.8 Å². The van der Waals surface area contributed by atoms with Crippen LogP contribution >= 0.6 is 11.8 Å². The summed E-state index contributed by atoms with van der Waals surface area (Å²) in [6.07, 6.45) is 3.43. The van der Waals surface area contributed by atoms with Gasteiger partial charge in [-0.3, -0.25) is 9.59 Å². The van der Waals surface area contributed by atoms with E-state index in [4.69, 9.17) is 0 Å². The molecule has 0 saturated carbocycles. The molecule has 0 radical (unpaired) electrons. The van der Waals surface area contributed by atoms with Crippen molar-refractivity contribution in [2.45, 2.75) is 18.0 Å². The van der Waals surface area contributed by atoms with Gasteiger partial charge in [0.25, 0.3) is 5.56 Å². The lowest BCUT2D eigenvalue weighted by Gasteiger charge is -2.15. The number of aromatic nitrogens is 5. The molecule has 0 unspecified atom stereocenters. The molecular weight excluding hydrogens is 340 g/mol. The Bertz CT molecular complexity index is 962. The predicted molar refractivity (Wildman–Crippen MR) is 93.8 cm³/mol. The third kappa shape index (κ3) is 3.02. The summed E-state index contributed by atoms with van der Waals surface area (Å²) in [5.74, 6) is 0.590. The van der Waals surface area contributed by atoms with Crippen molar-refractivity contribution in [3.63, 3.8) is 0 Å². The van der Waals surface area contributed by atoms with Gasteiger partial charge in [0.1, 0.15) is 6.33 Å². The van der Waals surface area contributed by atoms with E-state index in [-0.39, 0.29) is 17.2 Å². The van der Waals surface area contributed by atoms with Crippen LogP contribution < -0.4 is 5.56 Å². The first-order valence-corrected chi connectivity index (χ1v) is 9.01. The maximum Gasteiger partial charge on any atom is 0.269 e. The third-order valence-corrected chi connectivity index (χ3v) is 5.07. The first-order valence-electron chi connectivity index (χ1n) is 8.02. The Morgan fingerprint density at radius 2 is 2.04 bits per heavy atom. The monoisotopic (exact) mass is 356 g/mol. The first-order chi connectivity index (χ1) is 12.2. The molecule has 128 valence electrons. The highest BCUT2D eigenvalue weighted by Crippen LogP contribution is 2.21. The van der Waals surface area contributed by atoms with Crippen molar-refractivity contribution < 1.29 is 4.79 Å². The molecular formula is C16H16N6O2S. The van der Waals surface area contributed by atoms with E-state index in [9.17, 15) is 9.59 Å². The van der Waals surface area contributed by atoms with E-state index >= 15 is 0 Å². The molecule has 9 heteroatoms. The van der Waals surface area contributed by atoms with Crippen molar-refractivity contribution in [1.82, 2.24) is 29.6 Å². The average Bonchev–Trinajstić information content (AvgIpc) is 3.33. The van der Waals surface area contributed by atoms with Gasteiger partial charge in [-0.05, 0) is 25.0 Å². The van der Waals surface area contributed by atoms with Gasteiger partial charge < -0.3 is 4.90 Å². The number of amides is 1. The summed E-state index contributed by atoms with van der Waals surface area (Å²) in [5, 5.41) is 7.42. The lowest BCUT2D eigenvalue weighted by Crippen LogP contribution is -2.30. The SMILES string of the molecule is O=C(CSc1nc2ccccc2c(=O)n1-c1ncn[nH]1)N1CCCC1. The van der Waals surface area contributed by atoms with Crippen molar-refractivity contribution in [3.05, 3.63) is 40.9 Å². The van der Waals surface area contributed by atoms with Crippen molar-refractivity contribution in [3.8, 4) is 5.95 Å². The van der Waals surface area contributed by atoms with E-state index in [0.717, 1.165) is 25.9 Å². The van der Waals surface area contributed by atoms with Gasteiger partial charge in [-0.2, -0.15) is 10.1 Å². The molecule has 0 bridgehead atoms. The number of fused-ring (bicyclic) bond motifs is 1. The molecule has 1 aliphatic heterocycles. The zero-order chi connectivity index (χ0) is 17.2. The molecule has 3 aromatic rings. The van der Waals surface area contributed by atoms with Crippen LogP contribution in [0.5, 0.6) is 0 Å². The zero-order valence-electron chi connectivity index (χ0n) is 13.4. The maximum atomic E-state index is 12.9. The Hall–Kier alpha value is -2.68. The number of carbonyl (C=O) groups is 1. The van der Waals surface area contributed by atoms with E-state index < -0.39 is 0 Å². The highest BCUT2D eigenvalue weighted by molar-refractivity contribution is 7.99. The lowest BCUT2D eigenvalue weighted by molar-refractivity contribution is -0.127. The summed E-state index contributed by atoms with van der Waals surface area (Å²) < 4.78 is 1.37. The highest BCUT2D eigenvalue weighted by Gasteiger charge is 2.20. The van der Waals surface area contributed by atoms with Crippen molar-refractivity contribution in [2.24, 2.45) is 0 Å². The highest BCUT2D eigenvalue weighted by atomic mass is 32.2. The maximum absolute atomic E-state index is 12.9. The molecule has 8 nitrogen and oxygen atoms in total. The van der Waals surface area contributed by atoms with Crippen LogP contribution in [0, 0.1) is 0 Å². The van der Waals surface area contributed by atoms with E-state index in [2.05, 4.69) is 20.2 Å². The van der Waals surface area contributed by atoms with Crippen LogP contribution in [0.2, 0.25) is 0 Å². The van der Waals surface area contributed by atoms with Crippen molar-refractivity contribution in [1.29, 1.82) is 0 Å². The number of likely N-dealkylation sites (tertiary alicyclic amines) is 1. The van der Waals surface area contributed by atoms with Crippen LogP contribution in [0.3, 0.4) is 0 Å². The molecule has 0 spiro atoms. The van der Waals surface area contributed by atoms with Crippen LogP contribution in [0.25, 0.3) is 16.9 Å². The molecule has 1 fully saturated rings. The second kappa shape index (κ2) is 6.67. The standard InChI is InChI=1S/C16H16N6O2S/c23-13(21-7-3-4-8-21)9-25-16-19-12-6-2-1-5-11(12)14(24)22(16)15-17-10-18-20-15/h1-2,5-6,10H,3-4,7-9H2,(H,17,18,20). The summed E-state index contributed by atoms with van der Waals surface area (Å²) in [7, 11) is 0. The van der Waals surface area contributed by atoms with E-state index in [1.165, 1.54) is 22.7 Å². The molecule has 1 saturated heterocycles. The normalized spacial score (nSPS) is 14.3. The number of nitrogens with zero attached hydrogens (tertiary/aromatic N) is 5. The number of nitrogens with one attached hydrogen (secondary N) is 1. The summed E-state index contributed by atoms with van der Waals surface area (Å²) in [5.41, 5.74) is 0.359. The molecule has 1 N–H and O–H groups in total. The molecule has 3 heterocycles. The number of thioether (sulfide) groups is 1. The number of H-pyrrole nitrogens is 1. The molecule has 1 aromatic carbocycles. The van der Waals surface area contributed by atoms with Gasteiger partial charge in [0.2, 0.25) is 11.9 Å². The minimum Gasteiger partial charge on any atom is -0.342 e. The van der Waals surface area contributed by atoms with Crippen LogP contribution in [-0.2, 0) is 4.79 Å². The Balaban J connectivity index is 1.72. The molecule has 4 rings (SSSR count). The predicted octanol–water partition coefficient (Wildman–Crippen LogP) is 1.22. The third-order valence-electron chi connectivity index (χ3n) is 4.14. The Kier molecular flexibility index (Phi) is 4.22. The fourth-order valence-corrected chi connectivity index (χ4v) is 3.78. The van der Waals surface area contributed by atoms with Gasteiger partial charge in [0.15, 0.2) is 5.16 Å². The number of aromatic amines is 1. The largest absolute Gasteiger partial charge is 0.342 e. The topological polar surface area (TPSA) is 96.8 Å². The van der Waals surface area contributed by atoms with Gasteiger partial charge in [-0.15, -0.1) is 0 Å². The van der Waals surface area contributed by atoms with Crippen LogP contribution in [-0.4, -0.2) is 54.4 Å². The van der Waals surface area contributed by atoms with Gasteiger partial charge in [0, 0.05) is 13.1 Å². The van der Waals surface area contributed by atoms with E-state index in [1.807, 2.05) is 11.0 Å². The summed E-state index contributed by atoms with van der Waals surface area (Å²) in [6, 6.07) is 7.13. The van der Waals surface area contributed by atoms with Gasteiger partial charge in [-0.25, -0.2) is 14.6 Å². The number of carbonyl (C=O) groups excluding carboxylic acids is 1. The average molecular weight is 356 g/mol. The van der Waals surface area contributed by atoms with Gasteiger partial charge in [-0.1, -0.05) is 23.9 Å². The van der Waals surface area contributed by atoms with Crippen molar-refractivity contribution >= 4 is 28.6 Å². The summed E-state index contributed by atoms with van der Waals surface area (Å²) in [4.78, 5) is 35.7. The Morgan fingerprint density at radius 3 is 2.80 bits per heavy atom. The zero-order valence-corrected chi connectivity index (χ0v) is 14.2. The van der Waals surface area contributed by atoms with Crippen LogP contribution in [0.4, 0.5) is 0 Å². The van der Waals surface area contributed by atoms with Gasteiger partial charge in [0.05, 0.1) is 16.7 Å². The fourth-order valence-electron chi connectivity index (χ4n) is 2.89. The summed E-state index contributed by atoms with van der Waals surface area (Å²) >= 11 is 1.24. The molecule has 0 aliphatic carbocycles. The smallest absolute Gasteiger partial charge is 0.269 e. The summed E-state index contributed by atoms with van der Waals surface area (Å²) in [6.45, 7) is 1.61. The lowest BCUT2D eigenvalue weighted by atomic mass is 10.2. The fraction of sp³-hybridized carbons (Fsp3) is 0.312. The molecule has 0 atom stereocenters. The van der Waals surface area contributed by atoms with Gasteiger partial charge >= 0.3 is 0 Å². The Morgan fingerprint density at radius 1 is 1.24 bits per heavy atom. The molecule has 25 heavy (non-hydrogen) atoms. The van der Waals surface area contributed by atoms with E-state index in [0.29, 0.717) is 22.0 Å². The second-order valence-electron chi connectivity index (χ2n) is 5.74. The number of hydrogen-bond acceptors (Lipinski definition) is 6.